The highest BCUT2D eigenvalue weighted by Crippen LogP contribution is 2.21. The zero-order chi connectivity index (χ0) is 20.5. The van der Waals surface area contributed by atoms with Gasteiger partial charge in [-0.1, -0.05) is 54.1 Å². The number of hydrogen-bond donors (Lipinski definition) is 2. The van der Waals surface area contributed by atoms with E-state index in [0.717, 1.165) is 10.5 Å². The normalized spacial score (nSPS) is 10.4. The Kier molecular flexibility index (Phi) is 7.73. The molecule has 0 bridgehead atoms. The molecule has 0 spiro atoms. The minimum atomic E-state index is -0.222. The lowest BCUT2D eigenvalue weighted by molar-refractivity contribution is -0.115. The first-order chi connectivity index (χ1) is 14.1. The molecule has 0 radical (unpaired) electrons. The van der Waals surface area contributed by atoms with Crippen molar-refractivity contribution in [2.75, 3.05) is 11.1 Å². The summed E-state index contributed by atoms with van der Waals surface area (Å²) in [4.78, 5) is 26.0. The molecule has 0 saturated carbocycles. The van der Waals surface area contributed by atoms with Gasteiger partial charge in [0.25, 0.3) is 5.91 Å². The molecule has 0 aromatic heterocycles. The molecular formula is C23H21ClN2O2S. The van der Waals surface area contributed by atoms with Crippen LogP contribution in [0.25, 0.3) is 0 Å². The van der Waals surface area contributed by atoms with Crippen molar-refractivity contribution in [3.8, 4) is 0 Å². The van der Waals surface area contributed by atoms with Crippen LogP contribution in [0.15, 0.2) is 83.8 Å². The van der Waals surface area contributed by atoms with Crippen LogP contribution in [0, 0.1) is 0 Å². The molecule has 4 nitrogen and oxygen atoms in total. The number of thioether (sulfide) groups is 1. The van der Waals surface area contributed by atoms with E-state index < -0.39 is 0 Å². The first-order valence-corrected chi connectivity index (χ1v) is 10.6. The fourth-order valence-electron chi connectivity index (χ4n) is 2.67. The van der Waals surface area contributed by atoms with Crippen LogP contribution in [0.5, 0.6) is 0 Å². The first kappa shape index (κ1) is 21.0. The summed E-state index contributed by atoms with van der Waals surface area (Å²) in [5.74, 6) is 0.283. The van der Waals surface area contributed by atoms with Crippen LogP contribution in [0.1, 0.15) is 22.3 Å². The molecule has 0 heterocycles. The SMILES string of the molecule is O=C(CCSc1ccc(Cl)cc1)Nc1ccccc1C(=O)NCc1ccccc1. The van der Waals surface area contributed by atoms with Gasteiger partial charge in [0, 0.05) is 28.6 Å². The maximum atomic E-state index is 12.6. The second-order valence-electron chi connectivity index (χ2n) is 6.31. The third-order valence-electron chi connectivity index (χ3n) is 4.15. The van der Waals surface area contributed by atoms with E-state index in [0.29, 0.717) is 35.0 Å². The Balaban J connectivity index is 1.53. The monoisotopic (exact) mass is 424 g/mol. The largest absolute Gasteiger partial charge is 0.348 e. The number of carbonyl (C=O) groups excluding carboxylic acids is 2. The quantitative estimate of drug-likeness (QED) is 0.476. The fourth-order valence-corrected chi connectivity index (χ4v) is 3.65. The van der Waals surface area contributed by atoms with Gasteiger partial charge in [-0.3, -0.25) is 9.59 Å². The van der Waals surface area contributed by atoms with Gasteiger partial charge < -0.3 is 10.6 Å². The second-order valence-corrected chi connectivity index (χ2v) is 7.92. The van der Waals surface area contributed by atoms with Crippen molar-refractivity contribution in [2.45, 2.75) is 17.9 Å². The third-order valence-corrected chi connectivity index (χ3v) is 5.42. The summed E-state index contributed by atoms with van der Waals surface area (Å²) < 4.78 is 0. The van der Waals surface area contributed by atoms with Crippen LogP contribution in [-0.2, 0) is 11.3 Å². The lowest BCUT2D eigenvalue weighted by Crippen LogP contribution is -2.24. The summed E-state index contributed by atoms with van der Waals surface area (Å²) in [7, 11) is 0. The first-order valence-electron chi connectivity index (χ1n) is 9.21. The third kappa shape index (κ3) is 6.66. The van der Waals surface area contributed by atoms with Crippen LogP contribution in [-0.4, -0.2) is 17.6 Å². The van der Waals surface area contributed by atoms with Gasteiger partial charge in [0.05, 0.1) is 11.3 Å². The van der Waals surface area contributed by atoms with E-state index in [9.17, 15) is 9.59 Å². The topological polar surface area (TPSA) is 58.2 Å². The molecule has 6 heteroatoms. The van der Waals surface area contributed by atoms with Crippen molar-refractivity contribution in [1.82, 2.24) is 5.32 Å². The standard InChI is InChI=1S/C23H21ClN2O2S/c24-18-10-12-19(13-11-18)29-15-14-22(27)26-21-9-5-4-8-20(21)23(28)25-16-17-6-2-1-3-7-17/h1-13H,14-16H2,(H,25,28)(H,26,27). The molecule has 0 aliphatic carbocycles. The molecule has 0 aliphatic rings. The van der Waals surface area contributed by atoms with Crippen molar-refractivity contribution >= 4 is 40.9 Å². The van der Waals surface area contributed by atoms with E-state index in [1.54, 1.807) is 36.0 Å². The minimum absolute atomic E-state index is 0.130. The van der Waals surface area contributed by atoms with Crippen molar-refractivity contribution < 1.29 is 9.59 Å². The van der Waals surface area contributed by atoms with E-state index in [1.165, 1.54) is 0 Å². The van der Waals surface area contributed by atoms with Crippen LogP contribution >= 0.6 is 23.4 Å². The highest BCUT2D eigenvalue weighted by Gasteiger charge is 2.13. The summed E-state index contributed by atoms with van der Waals surface area (Å²) in [5, 5.41) is 6.43. The Hall–Kier alpha value is -2.76. The number of carbonyl (C=O) groups is 2. The maximum absolute atomic E-state index is 12.6. The molecule has 0 saturated heterocycles. The molecule has 2 N–H and O–H groups in total. The van der Waals surface area contributed by atoms with Gasteiger partial charge in [0.15, 0.2) is 0 Å². The lowest BCUT2D eigenvalue weighted by Gasteiger charge is -2.11. The highest BCUT2D eigenvalue weighted by molar-refractivity contribution is 7.99. The zero-order valence-electron chi connectivity index (χ0n) is 15.7. The number of para-hydroxylation sites is 1. The Bertz CT molecular complexity index is 962. The van der Waals surface area contributed by atoms with Crippen LogP contribution in [0.2, 0.25) is 5.02 Å². The fraction of sp³-hybridized carbons (Fsp3) is 0.130. The second kappa shape index (κ2) is 10.7. The molecule has 29 heavy (non-hydrogen) atoms. The Morgan fingerprint density at radius 3 is 2.31 bits per heavy atom. The van der Waals surface area contributed by atoms with Gasteiger partial charge in [0.2, 0.25) is 5.91 Å². The van der Waals surface area contributed by atoms with Crippen LogP contribution < -0.4 is 10.6 Å². The van der Waals surface area contributed by atoms with Crippen molar-refractivity contribution in [3.05, 3.63) is 95.0 Å². The average molecular weight is 425 g/mol. The van der Waals surface area contributed by atoms with Crippen molar-refractivity contribution in [1.29, 1.82) is 0 Å². The Morgan fingerprint density at radius 1 is 0.862 bits per heavy atom. The van der Waals surface area contributed by atoms with Crippen LogP contribution in [0.3, 0.4) is 0 Å². The minimum Gasteiger partial charge on any atom is -0.348 e. The van der Waals surface area contributed by atoms with E-state index in [4.69, 9.17) is 11.6 Å². The van der Waals surface area contributed by atoms with Gasteiger partial charge in [-0.25, -0.2) is 0 Å². The predicted molar refractivity (Wildman–Crippen MR) is 119 cm³/mol. The molecule has 3 rings (SSSR count). The maximum Gasteiger partial charge on any atom is 0.253 e. The van der Waals surface area contributed by atoms with Gasteiger partial charge in [-0.15, -0.1) is 11.8 Å². The number of rotatable bonds is 8. The molecule has 2 amide bonds. The average Bonchev–Trinajstić information content (AvgIpc) is 2.74. The summed E-state index contributed by atoms with van der Waals surface area (Å²) in [5.41, 5.74) is 1.98. The van der Waals surface area contributed by atoms with Gasteiger partial charge >= 0.3 is 0 Å². The molecule has 148 valence electrons. The molecule has 0 atom stereocenters. The number of hydrogen-bond acceptors (Lipinski definition) is 3. The highest BCUT2D eigenvalue weighted by atomic mass is 35.5. The summed E-state index contributed by atoms with van der Waals surface area (Å²) in [6.45, 7) is 0.430. The molecular weight excluding hydrogens is 404 g/mol. The Morgan fingerprint density at radius 2 is 1.55 bits per heavy atom. The van der Waals surface area contributed by atoms with E-state index >= 15 is 0 Å². The molecule has 3 aromatic carbocycles. The molecule has 3 aromatic rings. The summed E-state index contributed by atoms with van der Waals surface area (Å²) >= 11 is 7.46. The smallest absolute Gasteiger partial charge is 0.253 e. The van der Waals surface area contributed by atoms with Gasteiger partial charge in [-0.2, -0.15) is 0 Å². The number of nitrogens with one attached hydrogen (secondary N) is 2. The number of benzene rings is 3. The Labute approximate surface area is 179 Å². The van der Waals surface area contributed by atoms with E-state index in [1.807, 2.05) is 54.6 Å². The van der Waals surface area contributed by atoms with E-state index in [2.05, 4.69) is 10.6 Å². The predicted octanol–water partition coefficient (Wildman–Crippen LogP) is 5.39. The summed E-state index contributed by atoms with van der Waals surface area (Å²) in [6, 6.07) is 24.2. The van der Waals surface area contributed by atoms with Crippen LogP contribution in [0.4, 0.5) is 5.69 Å². The van der Waals surface area contributed by atoms with E-state index in [-0.39, 0.29) is 11.8 Å². The van der Waals surface area contributed by atoms with Gasteiger partial charge in [0.1, 0.15) is 0 Å². The molecule has 0 unspecified atom stereocenters. The zero-order valence-corrected chi connectivity index (χ0v) is 17.3. The van der Waals surface area contributed by atoms with Crippen molar-refractivity contribution in [2.24, 2.45) is 0 Å². The van der Waals surface area contributed by atoms with Crippen molar-refractivity contribution in [3.63, 3.8) is 0 Å². The number of anilines is 1. The number of amides is 2. The lowest BCUT2D eigenvalue weighted by atomic mass is 10.1. The molecule has 0 aliphatic heterocycles. The van der Waals surface area contributed by atoms with Gasteiger partial charge in [-0.05, 0) is 42.0 Å². The number of halogens is 1. The molecule has 0 fully saturated rings. The summed E-state index contributed by atoms with van der Waals surface area (Å²) in [6.07, 6.45) is 0.341.